The van der Waals surface area contributed by atoms with Gasteiger partial charge in [0.2, 0.25) is 0 Å². The normalized spacial score (nSPS) is 14.6. The molecule has 0 aliphatic carbocycles. The van der Waals surface area contributed by atoms with Gasteiger partial charge in [0.05, 0.1) is 5.56 Å². The topological polar surface area (TPSA) is 256 Å². The Hall–Kier alpha value is -0.460. The molecule has 1 aliphatic rings. The first-order chi connectivity index (χ1) is 12.1. The fraction of sp³-hybridized carbons (Fsp3) is 0.182. The third kappa shape index (κ3) is 13.8. The molecule has 14 nitrogen and oxygen atoms in total. The quantitative estimate of drug-likeness (QED) is 0.142. The number of aliphatic carboxylic acids is 2. The van der Waals surface area contributed by atoms with E-state index in [9.17, 15) is 22.8 Å². The van der Waals surface area contributed by atoms with E-state index in [2.05, 4.69) is 0 Å². The van der Waals surface area contributed by atoms with Gasteiger partial charge in [-0.15, -0.1) is 0 Å². The SMILES string of the molecule is F.O=C(O)C(O)C(O)C(=O)O.O=C1NS(=O)(=O)c2ccccc21.O=P(O)(O)O.[H-].[H-].[Na+].[Na+]. The number of phosphoric acid groups is 1. The van der Waals surface area contributed by atoms with Gasteiger partial charge in [0.15, 0.2) is 12.2 Å². The van der Waals surface area contributed by atoms with Crippen LogP contribution >= 0.6 is 7.82 Å². The predicted molar refractivity (Wildman–Crippen MR) is 87.4 cm³/mol. The third-order valence-electron chi connectivity index (χ3n) is 2.45. The average Bonchev–Trinajstić information content (AvgIpc) is 2.74. The van der Waals surface area contributed by atoms with Crippen molar-refractivity contribution in [3.8, 4) is 0 Å². The smallest absolute Gasteiger partial charge is 1.00 e. The molecule has 1 amide bonds. The van der Waals surface area contributed by atoms with E-state index in [1.54, 1.807) is 12.1 Å². The van der Waals surface area contributed by atoms with Gasteiger partial charge in [-0.05, 0) is 12.1 Å². The van der Waals surface area contributed by atoms with E-state index in [-0.39, 0.29) is 77.1 Å². The van der Waals surface area contributed by atoms with E-state index in [1.165, 1.54) is 12.1 Å². The number of carbonyl (C=O) groups excluding carboxylic acids is 1. The number of carboxylic acid groups (broad SMARTS) is 2. The zero-order valence-electron chi connectivity index (χ0n) is 17.3. The molecular formula is C11H17FNNa2O13PS. The molecule has 0 aromatic heterocycles. The minimum atomic E-state index is -4.64. The molecule has 0 radical (unpaired) electrons. The van der Waals surface area contributed by atoms with Crippen molar-refractivity contribution in [2.24, 2.45) is 0 Å². The van der Waals surface area contributed by atoms with Crippen LogP contribution < -0.4 is 63.8 Å². The Morgan fingerprint density at radius 2 is 1.30 bits per heavy atom. The van der Waals surface area contributed by atoms with E-state index >= 15 is 0 Å². The fourth-order valence-electron chi connectivity index (χ4n) is 1.39. The van der Waals surface area contributed by atoms with Crippen LogP contribution in [0.1, 0.15) is 13.2 Å². The van der Waals surface area contributed by atoms with Crippen LogP contribution in [0.15, 0.2) is 29.2 Å². The molecular weight excluding hydrogens is 482 g/mol. The largest absolute Gasteiger partial charge is 1.00 e. The maximum absolute atomic E-state index is 11.1. The zero-order valence-corrected chi connectivity index (χ0v) is 21.0. The van der Waals surface area contributed by atoms with Crippen molar-refractivity contribution in [3.63, 3.8) is 0 Å². The van der Waals surface area contributed by atoms with E-state index in [1.807, 2.05) is 4.72 Å². The van der Waals surface area contributed by atoms with Crippen molar-refractivity contribution in [1.29, 1.82) is 0 Å². The number of nitrogens with one attached hydrogen (secondary N) is 1. The third-order valence-corrected chi connectivity index (χ3v) is 3.84. The van der Waals surface area contributed by atoms with E-state index < -0.39 is 47.9 Å². The van der Waals surface area contributed by atoms with Crippen molar-refractivity contribution < 1.29 is 129 Å². The number of amides is 1. The van der Waals surface area contributed by atoms with E-state index in [4.69, 9.17) is 39.7 Å². The number of aliphatic hydroxyl groups is 2. The summed E-state index contributed by atoms with van der Waals surface area (Å²) in [7, 11) is -8.19. The summed E-state index contributed by atoms with van der Waals surface area (Å²) in [5.74, 6) is -4.09. The number of halogens is 1. The van der Waals surface area contributed by atoms with Crippen molar-refractivity contribution in [1.82, 2.24) is 4.72 Å². The minimum Gasteiger partial charge on any atom is -1.00 e. The Balaban J connectivity index is -0.0000000785. The molecule has 0 fully saturated rings. The summed E-state index contributed by atoms with van der Waals surface area (Å²) in [5, 5.41) is 32.5. The number of aliphatic hydroxyl groups excluding tert-OH is 2. The van der Waals surface area contributed by atoms with Crippen LogP contribution in [0.25, 0.3) is 0 Å². The number of fused-ring (bicyclic) bond motifs is 1. The van der Waals surface area contributed by atoms with Crippen LogP contribution in [-0.4, -0.2) is 73.6 Å². The Kier molecular flexibility index (Phi) is 18.9. The molecule has 1 aromatic rings. The fourth-order valence-corrected chi connectivity index (χ4v) is 2.56. The van der Waals surface area contributed by atoms with Crippen molar-refractivity contribution >= 4 is 35.7 Å². The molecule has 1 aliphatic heterocycles. The number of carbonyl (C=O) groups is 3. The van der Waals surface area contributed by atoms with Gasteiger partial charge in [0, 0.05) is 0 Å². The molecule has 1 heterocycles. The van der Waals surface area contributed by atoms with Crippen LogP contribution in [0.2, 0.25) is 0 Å². The summed E-state index contributed by atoms with van der Waals surface area (Å²) in [6.45, 7) is 0. The van der Waals surface area contributed by atoms with Crippen LogP contribution in [0, 0.1) is 0 Å². The number of benzene rings is 1. The maximum Gasteiger partial charge on any atom is 1.00 e. The summed E-state index contributed by atoms with van der Waals surface area (Å²) in [6, 6.07) is 6.09. The molecule has 164 valence electrons. The molecule has 1 aromatic carbocycles. The zero-order chi connectivity index (χ0) is 21.6. The monoisotopic (exact) mass is 499 g/mol. The molecule has 30 heavy (non-hydrogen) atoms. The molecule has 2 unspecified atom stereocenters. The van der Waals surface area contributed by atoms with Crippen molar-refractivity contribution in [2.75, 3.05) is 0 Å². The summed E-state index contributed by atoms with van der Waals surface area (Å²) < 4.78 is 33.0. The number of hydrogen-bond donors (Lipinski definition) is 8. The first kappa shape index (κ1) is 36.9. The van der Waals surface area contributed by atoms with Crippen molar-refractivity contribution in [2.45, 2.75) is 17.1 Å². The summed E-state index contributed by atoms with van der Waals surface area (Å²) in [4.78, 5) is 52.2. The van der Waals surface area contributed by atoms with E-state index in [0.29, 0.717) is 0 Å². The predicted octanol–water partition coefficient (Wildman–Crippen LogP) is -8.55. The summed E-state index contributed by atoms with van der Waals surface area (Å²) in [5.41, 5.74) is 0.220. The average molecular weight is 499 g/mol. The number of hydrogen-bond acceptors (Lipinski definition) is 8. The van der Waals surface area contributed by atoms with Gasteiger partial charge in [0.1, 0.15) is 4.90 Å². The molecule has 0 saturated heterocycles. The number of carboxylic acids is 2. The molecule has 0 saturated carbocycles. The first-order valence-electron chi connectivity index (χ1n) is 6.34. The van der Waals surface area contributed by atoms with Gasteiger partial charge in [-0.2, -0.15) is 0 Å². The van der Waals surface area contributed by atoms with Gasteiger partial charge in [-0.25, -0.2) is 27.3 Å². The Labute approximate surface area is 215 Å². The second kappa shape index (κ2) is 15.4. The minimum absolute atomic E-state index is 0. The van der Waals surface area contributed by atoms with Crippen molar-refractivity contribution in [3.05, 3.63) is 29.8 Å². The van der Waals surface area contributed by atoms with Gasteiger partial charge < -0.3 is 38.0 Å². The molecule has 2 rings (SSSR count). The van der Waals surface area contributed by atoms with Gasteiger partial charge in [-0.3, -0.25) is 9.50 Å². The van der Waals surface area contributed by atoms with Crippen LogP contribution in [0.5, 0.6) is 0 Å². The van der Waals surface area contributed by atoms with Crippen LogP contribution in [0.3, 0.4) is 0 Å². The molecule has 2 atom stereocenters. The molecule has 8 N–H and O–H groups in total. The number of rotatable bonds is 3. The molecule has 19 heteroatoms. The second-order valence-electron chi connectivity index (χ2n) is 4.51. The Morgan fingerprint density at radius 1 is 0.967 bits per heavy atom. The Bertz CT molecular complexity index is 862. The molecule has 0 spiro atoms. The van der Waals surface area contributed by atoms with E-state index in [0.717, 1.165) is 0 Å². The first-order valence-corrected chi connectivity index (χ1v) is 9.39. The molecule has 0 bridgehead atoms. The van der Waals surface area contributed by atoms with Crippen LogP contribution in [-0.2, 0) is 24.2 Å². The summed E-state index contributed by atoms with van der Waals surface area (Å²) in [6.07, 6.45) is -4.53. The standard InChI is InChI=1S/C7H5NO3S.C4H6O6.FH.2Na.H3O4P.2H/c9-7-5-3-1-2-4-6(5)12(10,11)8-7;5-1(3(7)8)2(6)4(9)10;;;;1-5(2,3)4;;/h1-4H,(H,8,9);1-2,5-6H,(H,7,8)(H,9,10);1H;;;(H3,1,2,3,4);;/q;;;2*+1;;2*-1. The maximum atomic E-state index is 11.1. The Morgan fingerprint density at radius 3 is 1.60 bits per heavy atom. The summed E-state index contributed by atoms with van der Waals surface area (Å²) >= 11 is 0. The van der Waals surface area contributed by atoms with Gasteiger partial charge in [-0.1, -0.05) is 12.1 Å². The van der Waals surface area contributed by atoms with Gasteiger partial charge >= 0.3 is 78.9 Å². The van der Waals surface area contributed by atoms with Crippen LogP contribution in [0.4, 0.5) is 4.70 Å². The number of sulfonamides is 1. The second-order valence-corrected chi connectivity index (χ2v) is 7.19. The van der Waals surface area contributed by atoms with Gasteiger partial charge in [0.25, 0.3) is 15.9 Å².